The summed E-state index contributed by atoms with van der Waals surface area (Å²) in [4.78, 5) is 2.39. The minimum Gasteiger partial charge on any atom is -0.456 e. The third kappa shape index (κ3) is 4.61. The summed E-state index contributed by atoms with van der Waals surface area (Å²) in [5, 5.41) is 4.46. The Morgan fingerprint density at radius 1 is 0.352 bits per heavy atom. The molecule has 0 bridgehead atoms. The van der Waals surface area contributed by atoms with Gasteiger partial charge in [-0.1, -0.05) is 117 Å². The van der Waals surface area contributed by atoms with E-state index in [1.165, 1.54) is 22.3 Å². The molecule has 8 aromatic carbocycles. The fraction of sp³-hybridized carbons (Fsp3) is 0.0588. The molecule has 2 heterocycles. The van der Waals surface area contributed by atoms with Crippen LogP contribution in [0.25, 0.3) is 77.3 Å². The average Bonchev–Trinajstić information content (AvgIpc) is 3.85. The van der Waals surface area contributed by atoms with E-state index in [9.17, 15) is 0 Å². The van der Waals surface area contributed by atoms with Gasteiger partial charge in [0.25, 0.3) is 0 Å². The lowest BCUT2D eigenvalue weighted by atomic mass is 9.82. The van der Waals surface area contributed by atoms with Crippen LogP contribution in [0.2, 0.25) is 0 Å². The molecule has 0 unspecified atom stereocenters. The number of fused-ring (bicyclic) bond motifs is 9. The van der Waals surface area contributed by atoms with Gasteiger partial charge in [-0.05, 0) is 117 Å². The van der Waals surface area contributed by atoms with E-state index >= 15 is 0 Å². The Hall–Kier alpha value is -6.84. The Labute approximate surface area is 313 Å². The van der Waals surface area contributed by atoms with E-state index < -0.39 is 0 Å². The van der Waals surface area contributed by atoms with Crippen molar-refractivity contribution >= 4 is 60.9 Å². The van der Waals surface area contributed by atoms with Crippen LogP contribution in [0.3, 0.4) is 0 Å². The van der Waals surface area contributed by atoms with E-state index in [2.05, 4.69) is 170 Å². The fourth-order valence-electron chi connectivity index (χ4n) is 8.80. The molecule has 0 saturated heterocycles. The zero-order valence-electron chi connectivity index (χ0n) is 30.0. The molecule has 0 aliphatic heterocycles. The van der Waals surface area contributed by atoms with Gasteiger partial charge in [0.1, 0.15) is 22.3 Å². The van der Waals surface area contributed by atoms with Crippen molar-refractivity contribution in [2.45, 2.75) is 19.3 Å². The summed E-state index contributed by atoms with van der Waals surface area (Å²) >= 11 is 0. The van der Waals surface area contributed by atoms with Crippen molar-refractivity contribution < 1.29 is 8.83 Å². The van der Waals surface area contributed by atoms with E-state index in [4.69, 9.17) is 8.83 Å². The molecule has 0 atom stereocenters. The lowest BCUT2D eigenvalue weighted by molar-refractivity contribution is 0.660. The predicted molar refractivity (Wildman–Crippen MR) is 224 cm³/mol. The highest BCUT2D eigenvalue weighted by molar-refractivity contribution is 6.09. The third-order valence-corrected chi connectivity index (χ3v) is 11.5. The first-order valence-electron chi connectivity index (χ1n) is 18.6. The molecule has 1 aliphatic carbocycles. The average molecular weight is 694 g/mol. The molecular weight excluding hydrogens is 659 g/mol. The molecule has 54 heavy (non-hydrogen) atoms. The van der Waals surface area contributed by atoms with E-state index in [-0.39, 0.29) is 5.41 Å². The summed E-state index contributed by atoms with van der Waals surface area (Å²) < 4.78 is 12.5. The molecule has 0 spiro atoms. The van der Waals surface area contributed by atoms with E-state index in [0.29, 0.717) is 0 Å². The second-order valence-electron chi connectivity index (χ2n) is 14.9. The van der Waals surface area contributed by atoms with Crippen molar-refractivity contribution in [3.05, 3.63) is 187 Å². The predicted octanol–water partition coefficient (Wildman–Crippen LogP) is 14.6. The third-order valence-electron chi connectivity index (χ3n) is 11.5. The quantitative estimate of drug-likeness (QED) is 0.180. The summed E-state index contributed by atoms with van der Waals surface area (Å²) in [5.41, 5.74) is 16.7. The maximum atomic E-state index is 6.27. The molecule has 3 heteroatoms. The number of para-hydroxylation sites is 3. The second-order valence-corrected chi connectivity index (χ2v) is 14.9. The van der Waals surface area contributed by atoms with Gasteiger partial charge in [0.15, 0.2) is 0 Å². The maximum absolute atomic E-state index is 6.27. The summed E-state index contributed by atoms with van der Waals surface area (Å²) in [7, 11) is 0. The van der Waals surface area contributed by atoms with Gasteiger partial charge in [-0.3, -0.25) is 0 Å². The monoisotopic (exact) mass is 693 g/mol. The molecule has 256 valence electrons. The number of hydrogen-bond acceptors (Lipinski definition) is 3. The molecule has 2 aromatic heterocycles. The Morgan fingerprint density at radius 3 is 1.56 bits per heavy atom. The normalized spacial score (nSPS) is 13.1. The molecular formula is C51H35NO2. The van der Waals surface area contributed by atoms with Crippen LogP contribution >= 0.6 is 0 Å². The molecule has 0 N–H and O–H groups in total. The molecule has 0 fully saturated rings. The summed E-state index contributed by atoms with van der Waals surface area (Å²) in [6.07, 6.45) is 0. The van der Waals surface area contributed by atoms with Crippen LogP contribution in [0, 0.1) is 0 Å². The Kier molecular flexibility index (Phi) is 6.60. The van der Waals surface area contributed by atoms with Crippen LogP contribution in [-0.4, -0.2) is 0 Å². The number of rotatable bonds is 5. The first kappa shape index (κ1) is 30.8. The molecule has 10 aromatic rings. The standard InChI is InChI=1S/C51H35NO2/c1-51(2)45-17-9-6-14-38(45)39-25-23-36(31-46(39)51)52(34-12-4-3-5-13-34)35-22-24-37(32-20-26-49-43(28-32)40-15-7-10-18-47(40)53-49)42(30-35)33-21-27-50-44(29-33)41-16-8-11-19-48(41)54-50/h3-31H,1-2H3. The van der Waals surface area contributed by atoms with Crippen molar-refractivity contribution in [3.63, 3.8) is 0 Å². The first-order chi connectivity index (χ1) is 26.5. The number of nitrogens with zero attached hydrogens (tertiary/aromatic N) is 1. The first-order valence-corrected chi connectivity index (χ1v) is 18.6. The van der Waals surface area contributed by atoms with Gasteiger partial charge >= 0.3 is 0 Å². The van der Waals surface area contributed by atoms with Gasteiger partial charge in [0, 0.05) is 44.0 Å². The Morgan fingerprint density at radius 2 is 0.870 bits per heavy atom. The lowest BCUT2D eigenvalue weighted by Crippen LogP contribution is -2.16. The summed E-state index contributed by atoms with van der Waals surface area (Å²) in [5.74, 6) is 0. The van der Waals surface area contributed by atoms with Gasteiger partial charge in [0.2, 0.25) is 0 Å². The van der Waals surface area contributed by atoms with Crippen molar-refractivity contribution in [1.82, 2.24) is 0 Å². The molecule has 0 radical (unpaired) electrons. The molecule has 3 nitrogen and oxygen atoms in total. The van der Waals surface area contributed by atoms with Gasteiger partial charge < -0.3 is 13.7 Å². The van der Waals surface area contributed by atoms with Gasteiger partial charge in [0.05, 0.1) is 0 Å². The minimum absolute atomic E-state index is 0.113. The molecule has 0 saturated carbocycles. The highest BCUT2D eigenvalue weighted by atomic mass is 16.3. The van der Waals surface area contributed by atoms with Gasteiger partial charge in [-0.25, -0.2) is 0 Å². The van der Waals surface area contributed by atoms with Crippen molar-refractivity contribution in [2.24, 2.45) is 0 Å². The number of benzene rings is 8. The number of furan rings is 2. The van der Waals surface area contributed by atoms with Crippen LogP contribution in [0.5, 0.6) is 0 Å². The number of hydrogen-bond donors (Lipinski definition) is 0. The highest BCUT2D eigenvalue weighted by Crippen LogP contribution is 2.51. The van der Waals surface area contributed by atoms with Crippen LogP contribution in [0.1, 0.15) is 25.0 Å². The van der Waals surface area contributed by atoms with Crippen LogP contribution < -0.4 is 4.90 Å². The van der Waals surface area contributed by atoms with Crippen LogP contribution in [-0.2, 0) is 5.41 Å². The molecule has 1 aliphatic rings. The largest absolute Gasteiger partial charge is 0.456 e. The highest BCUT2D eigenvalue weighted by Gasteiger charge is 2.35. The van der Waals surface area contributed by atoms with Crippen molar-refractivity contribution in [1.29, 1.82) is 0 Å². The van der Waals surface area contributed by atoms with E-state index in [1.807, 2.05) is 24.3 Å². The van der Waals surface area contributed by atoms with Crippen molar-refractivity contribution in [2.75, 3.05) is 4.90 Å². The van der Waals surface area contributed by atoms with Gasteiger partial charge in [-0.15, -0.1) is 0 Å². The molecule has 11 rings (SSSR count). The zero-order valence-corrected chi connectivity index (χ0v) is 30.0. The smallest absolute Gasteiger partial charge is 0.135 e. The van der Waals surface area contributed by atoms with Crippen molar-refractivity contribution in [3.8, 4) is 33.4 Å². The number of anilines is 3. The Balaban J connectivity index is 1.14. The van der Waals surface area contributed by atoms with Crippen LogP contribution in [0.15, 0.2) is 185 Å². The summed E-state index contributed by atoms with van der Waals surface area (Å²) in [6.45, 7) is 4.69. The second kappa shape index (κ2) is 11.6. The lowest BCUT2D eigenvalue weighted by Gasteiger charge is -2.29. The maximum Gasteiger partial charge on any atom is 0.135 e. The zero-order chi connectivity index (χ0) is 36.0. The SMILES string of the molecule is CC1(C)c2ccccc2-c2ccc(N(c3ccccc3)c3ccc(-c4ccc5oc6ccccc6c5c4)c(-c4ccc5oc6ccccc6c5c4)c3)cc21. The fourth-order valence-corrected chi connectivity index (χ4v) is 8.80. The molecule has 0 amide bonds. The van der Waals surface area contributed by atoms with Crippen LogP contribution in [0.4, 0.5) is 17.1 Å². The van der Waals surface area contributed by atoms with E-state index in [0.717, 1.165) is 83.2 Å². The van der Waals surface area contributed by atoms with Gasteiger partial charge in [-0.2, -0.15) is 0 Å². The topological polar surface area (TPSA) is 29.5 Å². The Bertz CT molecular complexity index is 3090. The van der Waals surface area contributed by atoms with E-state index in [1.54, 1.807) is 0 Å². The minimum atomic E-state index is -0.113. The summed E-state index contributed by atoms with van der Waals surface area (Å²) in [6, 6.07) is 63.2.